The van der Waals surface area contributed by atoms with Gasteiger partial charge >= 0.3 is 0 Å². The van der Waals surface area contributed by atoms with Gasteiger partial charge in [-0.15, -0.1) is 0 Å². The number of likely N-dealkylation sites (tertiary alicyclic amines) is 1. The van der Waals surface area contributed by atoms with Gasteiger partial charge in [-0.05, 0) is 48.9 Å². The molecule has 114 valence electrons. The number of nitrogens with zero attached hydrogens (tertiary/aromatic N) is 1. The van der Waals surface area contributed by atoms with Crippen LogP contribution in [-0.4, -0.2) is 30.4 Å². The van der Waals surface area contributed by atoms with E-state index in [1.807, 2.05) is 0 Å². The maximum Gasteiger partial charge on any atom is 0.222 e. The predicted molar refractivity (Wildman–Crippen MR) is 85.2 cm³/mol. The fourth-order valence-electron chi connectivity index (χ4n) is 3.54. The highest BCUT2D eigenvalue weighted by atomic mass is 16.2. The van der Waals surface area contributed by atoms with Crippen LogP contribution in [0.2, 0.25) is 0 Å². The summed E-state index contributed by atoms with van der Waals surface area (Å²) in [7, 11) is 0. The average molecular weight is 286 g/mol. The Morgan fingerprint density at radius 3 is 2.76 bits per heavy atom. The van der Waals surface area contributed by atoms with Crippen molar-refractivity contribution < 1.29 is 4.79 Å². The summed E-state index contributed by atoms with van der Waals surface area (Å²) in [5.41, 5.74) is 4.27. The van der Waals surface area contributed by atoms with E-state index in [4.69, 9.17) is 0 Å². The van der Waals surface area contributed by atoms with Crippen LogP contribution in [-0.2, 0) is 24.2 Å². The molecule has 1 fully saturated rings. The fourth-order valence-corrected chi connectivity index (χ4v) is 3.54. The number of fused-ring (bicyclic) bond motifs is 1. The second-order valence-corrected chi connectivity index (χ2v) is 6.28. The van der Waals surface area contributed by atoms with Crippen molar-refractivity contribution in [3.05, 3.63) is 34.9 Å². The van der Waals surface area contributed by atoms with Crippen LogP contribution in [0.1, 0.15) is 48.8 Å². The quantitative estimate of drug-likeness (QED) is 0.926. The predicted octanol–water partition coefficient (Wildman–Crippen LogP) is 2.67. The Hall–Kier alpha value is -1.35. The first kappa shape index (κ1) is 14.6. The van der Waals surface area contributed by atoms with Crippen molar-refractivity contribution in [3.8, 4) is 0 Å². The van der Waals surface area contributed by atoms with Crippen LogP contribution < -0.4 is 5.32 Å². The molecule has 0 saturated carbocycles. The van der Waals surface area contributed by atoms with Gasteiger partial charge in [-0.2, -0.15) is 0 Å². The molecule has 0 aliphatic carbocycles. The summed E-state index contributed by atoms with van der Waals surface area (Å²) in [5, 5.41) is 3.45. The molecule has 0 aromatic heterocycles. The molecule has 3 rings (SSSR count). The molecule has 0 radical (unpaired) electrons. The Balaban J connectivity index is 1.61. The van der Waals surface area contributed by atoms with Gasteiger partial charge in [0.25, 0.3) is 0 Å². The largest absolute Gasteiger partial charge is 0.343 e. The number of rotatable bonds is 3. The molecule has 2 aliphatic rings. The zero-order valence-electron chi connectivity index (χ0n) is 12.9. The number of nitrogens with one attached hydrogen (secondary N) is 1. The van der Waals surface area contributed by atoms with Crippen LogP contribution >= 0.6 is 0 Å². The Kier molecular flexibility index (Phi) is 4.91. The van der Waals surface area contributed by atoms with E-state index in [9.17, 15) is 4.79 Å². The van der Waals surface area contributed by atoms with Crippen molar-refractivity contribution in [1.82, 2.24) is 10.2 Å². The third kappa shape index (κ3) is 3.65. The number of carbonyl (C=O) groups is 1. The lowest BCUT2D eigenvalue weighted by Gasteiger charge is -2.22. The van der Waals surface area contributed by atoms with Crippen LogP contribution in [0, 0.1) is 0 Å². The number of amides is 1. The number of hydrogen-bond acceptors (Lipinski definition) is 2. The highest BCUT2D eigenvalue weighted by Crippen LogP contribution is 2.20. The Morgan fingerprint density at radius 2 is 1.95 bits per heavy atom. The summed E-state index contributed by atoms with van der Waals surface area (Å²) in [4.78, 5) is 14.5. The minimum Gasteiger partial charge on any atom is -0.343 e. The first-order valence-electron chi connectivity index (χ1n) is 8.43. The van der Waals surface area contributed by atoms with Gasteiger partial charge in [0.05, 0.1) is 0 Å². The standard InChI is InChI=1S/C18H26N2O/c21-18(20-12-3-1-2-4-13-20)9-8-15-6-5-7-16-10-11-19-14-17(15)16/h5-7,19H,1-4,8-14H2. The smallest absolute Gasteiger partial charge is 0.222 e. The molecule has 3 heteroatoms. The molecule has 1 saturated heterocycles. The monoisotopic (exact) mass is 286 g/mol. The fraction of sp³-hybridized carbons (Fsp3) is 0.611. The number of hydrogen-bond donors (Lipinski definition) is 1. The van der Waals surface area contributed by atoms with Crippen molar-refractivity contribution in [1.29, 1.82) is 0 Å². The summed E-state index contributed by atoms with van der Waals surface area (Å²) in [5.74, 6) is 0.346. The van der Waals surface area contributed by atoms with E-state index in [2.05, 4.69) is 28.4 Å². The topological polar surface area (TPSA) is 32.3 Å². The Morgan fingerprint density at radius 1 is 1.14 bits per heavy atom. The highest BCUT2D eigenvalue weighted by molar-refractivity contribution is 5.76. The zero-order valence-corrected chi connectivity index (χ0v) is 12.9. The lowest BCUT2D eigenvalue weighted by atomic mass is 9.93. The van der Waals surface area contributed by atoms with Crippen molar-refractivity contribution in [3.63, 3.8) is 0 Å². The molecule has 21 heavy (non-hydrogen) atoms. The lowest BCUT2D eigenvalue weighted by Crippen LogP contribution is -2.32. The molecule has 1 aromatic rings. The van der Waals surface area contributed by atoms with Crippen molar-refractivity contribution in [2.75, 3.05) is 19.6 Å². The number of aryl methyl sites for hydroxylation is 1. The van der Waals surface area contributed by atoms with Crippen LogP contribution in [0.3, 0.4) is 0 Å². The van der Waals surface area contributed by atoms with E-state index in [1.165, 1.54) is 42.4 Å². The van der Waals surface area contributed by atoms with E-state index >= 15 is 0 Å². The van der Waals surface area contributed by atoms with Crippen LogP contribution in [0.25, 0.3) is 0 Å². The molecule has 1 amide bonds. The number of carbonyl (C=O) groups excluding carboxylic acids is 1. The van der Waals surface area contributed by atoms with Crippen LogP contribution in [0.4, 0.5) is 0 Å². The van der Waals surface area contributed by atoms with Crippen molar-refractivity contribution >= 4 is 5.91 Å². The summed E-state index contributed by atoms with van der Waals surface area (Å²) in [6, 6.07) is 6.58. The molecule has 3 nitrogen and oxygen atoms in total. The second-order valence-electron chi connectivity index (χ2n) is 6.28. The van der Waals surface area contributed by atoms with Gasteiger partial charge in [-0.3, -0.25) is 4.79 Å². The van der Waals surface area contributed by atoms with Gasteiger partial charge < -0.3 is 10.2 Å². The summed E-state index contributed by atoms with van der Waals surface area (Å²) < 4.78 is 0. The van der Waals surface area contributed by atoms with Gasteiger partial charge in [0, 0.05) is 26.1 Å². The Bertz CT molecular complexity index is 490. The summed E-state index contributed by atoms with van der Waals surface area (Å²) >= 11 is 0. The maximum absolute atomic E-state index is 12.4. The molecule has 0 atom stereocenters. The van der Waals surface area contributed by atoms with E-state index < -0.39 is 0 Å². The lowest BCUT2D eigenvalue weighted by molar-refractivity contribution is -0.131. The molecular formula is C18H26N2O. The van der Waals surface area contributed by atoms with E-state index in [0.29, 0.717) is 12.3 Å². The normalized spacial score (nSPS) is 19.0. The maximum atomic E-state index is 12.4. The van der Waals surface area contributed by atoms with Gasteiger partial charge in [-0.25, -0.2) is 0 Å². The SMILES string of the molecule is O=C(CCc1cccc2c1CNCC2)N1CCCCCC1. The van der Waals surface area contributed by atoms with Crippen molar-refractivity contribution in [2.24, 2.45) is 0 Å². The molecule has 0 spiro atoms. The number of benzene rings is 1. The van der Waals surface area contributed by atoms with Crippen molar-refractivity contribution in [2.45, 2.75) is 51.5 Å². The second kappa shape index (κ2) is 7.08. The van der Waals surface area contributed by atoms with E-state index in [0.717, 1.165) is 39.0 Å². The Labute approximate surface area is 127 Å². The van der Waals surface area contributed by atoms with Crippen LogP contribution in [0.5, 0.6) is 0 Å². The molecule has 0 unspecified atom stereocenters. The van der Waals surface area contributed by atoms with E-state index in [1.54, 1.807) is 0 Å². The first-order valence-corrected chi connectivity index (χ1v) is 8.43. The third-order valence-electron chi connectivity index (χ3n) is 4.81. The van der Waals surface area contributed by atoms with E-state index in [-0.39, 0.29) is 0 Å². The molecule has 1 aromatic carbocycles. The average Bonchev–Trinajstić information content (AvgIpc) is 2.82. The summed E-state index contributed by atoms with van der Waals surface area (Å²) in [6.07, 6.45) is 7.58. The molecule has 1 N–H and O–H groups in total. The van der Waals surface area contributed by atoms with Gasteiger partial charge in [0.15, 0.2) is 0 Å². The molecular weight excluding hydrogens is 260 g/mol. The third-order valence-corrected chi connectivity index (χ3v) is 4.81. The minimum atomic E-state index is 0.346. The first-order chi connectivity index (χ1) is 10.3. The van der Waals surface area contributed by atoms with Gasteiger partial charge in [0.1, 0.15) is 0 Å². The molecule has 2 heterocycles. The molecule has 2 aliphatic heterocycles. The van der Waals surface area contributed by atoms with Gasteiger partial charge in [0.2, 0.25) is 5.91 Å². The van der Waals surface area contributed by atoms with Crippen LogP contribution in [0.15, 0.2) is 18.2 Å². The molecule has 0 bridgehead atoms. The summed E-state index contributed by atoms with van der Waals surface area (Å²) in [6.45, 7) is 3.97. The van der Waals surface area contributed by atoms with Gasteiger partial charge in [-0.1, -0.05) is 31.0 Å². The highest BCUT2D eigenvalue weighted by Gasteiger charge is 2.17. The minimum absolute atomic E-state index is 0.346. The zero-order chi connectivity index (χ0) is 14.5.